The first-order chi connectivity index (χ1) is 12.7. The van der Waals surface area contributed by atoms with E-state index in [4.69, 9.17) is 5.73 Å². The second-order valence-electron chi connectivity index (χ2n) is 6.51. The lowest BCUT2D eigenvalue weighted by molar-refractivity contribution is -0.137. The molecule has 0 aliphatic carbocycles. The molecule has 0 unspecified atom stereocenters. The summed E-state index contributed by atoms with van der Waals surface area (Å²) in [6, 6.07) is -1.64. The van der Waals surface area contributed by atoms with Crippen LogP contribution in [0.1, 0.15) is 27.2 Å². The van der Waals surface area contributed by atoms with Crippen LogP contribution >= 0.6 is 0 Å². The van der Waals surface area contributed by atoms with Crippen molar-refractivity contribution in [3.63, 3.8) is 0 Å². The first-order valence-electron chi connectivity index (χ1n) is 8.78. The highest BCUT2D eigenvalue weighted by Gasteiger charge is 2.28. The van der Waals surface area contributed by atoms with E-state index >= 15 is 0 Å². The highest BCUT2D eigenvalue weighted by atomic mass is 16.2. The monoisotopic (exact) mass is 381 g/mol. The largest absolute Gasteiger partial charge is 0.353 e. The van der Waals surface area contributed by atoms with Gasteiger partial charge in [-0.15, -0.1) is 0 Å². The van der Waals surface area contributed by atoms with Crippen molar-refractivity contribution >= 4 is 29.5 Å². The highest BCUT2D eigenvalue weighted by Crippen LogP contribution is 2.06. The predicted molar refractivity (Wildman–Crippen MR) is 96.9 cm³/mol. The minimum Gasteiger partial charge on any atom is -0.353 e. The Kier molecular flexibility index (Phi) is 8.60. The fourth-order valence-electron chi connectivity index (χ4n) is 2.36. The van der Waals surface area contributed by atoms with E-state index in [1.165, 1.54) is 6.92 Å². The zero-order chi connectivity index (χ0) is 20.6. The van der Waals surface area contributed by atoms with Crippen molar-refractivity contribution in [1.82, 2.24) is 20.9 Å². The third kappa shape index (κ3) is 6.81. The van der Waals surface area contributed by atoms with E-state index in [2.05, 4.69) is 16.0 Å². The molecule has 10 nitrogen and oxygen atoms in total. The number of imide groups is 1. The molecule has 0 saturated heterocycles. The molecule has 0 aromatic heterocycles. The van der Waals surface area contributed by atoms with Gasteiger partial charge in [0.25, 0.3) is 11.8 Å². The van der Waals surface area contributed by atoms with E-state index in [1.807, 2.05) is 0 Å². The van der Waals surface area contributed by atoms with Crippen LogP contribution < -0.4 is 21.7 Å². The summed E-state index contributed by atoms with van der Waals surface area (Å²) in [6.07, 6.45) is 2.16. The second-order valence-corrected chi connectivity index (χ2v) is 6.51. The van der Waals surface area contributed by atoms with Crippen molar-refractivity contribution in [3.05, 3.63) is 12.2 Å². The van der Waals surface area contributed by atoms with Crippen LogP contribution in [0.15, 0.2) is 12.2 Å². The Hall–Kier alpha value is -2.75. The van der Waals surface area contributed by atoms with Crippen LogP contribution in [-0.2, 0) is 24.0 Å². The second kappa shape index (κ2) is 10.4. The summed E-state index contributed by atoms with van der Waals surface area (Å²) >= 11 is 0. The van der Waals surface area contributed by atoms with E-state index in [9.17, 15) is 24.0 Å². The molecule has 1 aliphatic rings. The number of hydrogen-bond acceptors (Lipinski definition) is 6. The molecule has 0 saturated carbocycles. The molecule has 0 spiro atoms. The van der Waals surface area contributed by atoms with Crippen LogP contribution in [0.3, 0.4) is 0 Å². The van der Waals surface area contributed by atoms with Crippen molar-refractivity contribution in [2.45, 2.75) is 39.3 Å². The van der Waals surface area contributed by atoms with Gasteiger partial charge in [0.1, 0.15) is 12.1 Å². The molecule has 2 atom stereocenters. The zero-order valence-corrected chi connectivity index (χ0v) is 15.8. The SMILES string of the molecule is CC(C)[C@H](NC(=O)CCN1C(=O)C=CC1=O)C(=O)N[C@@H](C)C(=O)NCCN. The van der Waals surface area contributed by atoms with Crippen molar-refractivity contribution in [3.8, 4) is 0 Å². The van der Waals surface area contributed by atoms with Crippen molar-refractivity contribution < 1.29 is 24.0 Å². The Labute approximate surface area is 157 Å². The maximum Gasteiger partial charge on any atom is 0.253 e. The summed E-state index contributed by atoms with van der Waals surface area (Å²) in [5.74, 6) is -2.52. The van der Waals surface area contributed by atoms with E-state index in [1.54, 1.807) is 13.8 Å². The minimum atomic E-state index is -0.856. The Bertz CT molecular complexity index is 613. The van der Waals surface area contributed by atoms with Crippen molar-refractivity contribution in [2.24, 2.45) is 11.7 Å². The molecule has 1 aliphatic heterocycles. The third-order valence-electron chi connectivity index (χ3n) is 3.92. The summed E-state index contributed by atoms with van der Waals surface area (Å²) in [4.78, 5) is 60.3. The quantitative estimate of drug-likeness (QED) is 0.322. The van der Waals surface area contributed by atoms with Gasteiger partial charge in [0, 0.05) is 38.2 Å². The Morgan fingerprint density at radius 2 is 1.63 bits per heavy atom. The fourth-order valence-corrected chi connectivity index (χ4v) is 2.36. The smallest absolute Gasteiger partial charge is 0.253 e. The molecule has 0 radical (unpaired) electrons. The lowest BCUT2D eigenvalue weighted by Gasteiger charge is -2.24. The Morgan fingerprint density at radius 3 is 2.15 bits per heavy atom. The molecule has 0 fully saturated rings. The normalized spacial score (nSPS) is 15.7. The summed E-state index contributed by atoms with van der Waals surface area (Å²) in [5, 5.41) is 7.70. The zero-order valence-electron chi connectivity index (χ0n) is 15.8. The fraction of sp³-hybridized carbons (Fsp3) is 0.588. The number of nitrogens with zero attached hydrogens (tertiary/aromatic N) is 1. The summed E-state index contributed by atoms with van der Waals surface area (Å²) in [5.41, 5.74) is 5.31. The van der Waals surface area contributed by atoms with E-state index in [0.29, 0.717) is 6.54 Å². The van der Waals surface area contributed by atoms with Crippen LogP contribution in [0.2, 0.25) is 0 Å². The molecule has 150 valence electrons. The standard InChI is InChI=1S/C17H27N5O5/c1-10(2)15(17(27)20-11(3)16(26)19-8-7-18)21-12(23)6-9-22-13(24)4-5-14(22)25/h4-5,10-11,15H,6-9,18H2,1-3H3,(H,19,26)(H,20,27)(H,21,23)/t11-,15-/m0/s1. The first kappa shape index (κ1) is 22.3. The summed E-state index contributed by atoms with van der Waals surface area (Å²) in [7, 11) is 0. The van der Waals surface area contributed by atoms with E-state index in [0.717, 1.165) is 17.1 Å². The number of nitrogens with two attached hydrogens (primary N) is 1. The molecule has 0 aromatic carbocycles. The Balaban J connectivity index is 2.55. The van der Waals surface area contributed by atoms with E-state index in [-0.39, 0.29) is 31.3 Å². The van der Waals surface area contributed by atoms with Gasteiger partial charge in [-0.05, 0) is 12.8 Å². The van der Waals surface area contributed by atoms with Gasteiger partial charge in [0.05, 0.1) is 0 Å². The maximum absolute atomic E-state index is 12.4. The van der Waals surface area contributed by atoms with Gasteiger partial charge in [-0.3, -0.25) is 28.9 Å². The Morgan fingerprint density at radius 1 is 1.04 bits per heavy atom. The summed E-state index contributed by atoms with van der Waals surface area (Å²) < 4.78 is 0. The van der Waals surface area contributed by atoms with Crippen LogP contribution in [-0.4, -0.2) is 66.2 Å². The lowest BCUT2D eigenvalue weighted by atomic mass is 10.0. The number of hydrogen-bond donors (Lipinski definition) is 4. The molecule has 1 rings (SSSR count). The number of carbonyl (C=O) groups is 5. The van der Waals surface area contributed by atoms with Crippen LogP contribution in [0.5, 0.6) is 0 Å². The highest BCUT2D eigenvalue weighted by molar-refractivity contribution is 6.13. The third-order valence-corrected chi connectivity index (χ3v) is 3.92. The van der Waals surface area contributed by atoms with Gasteiger partial charge in [-0.25, -0.2) is 0 Å². The molecular formula is C17H27N5O5. The average molecular weight is 381 g/mol. The van der Waals surface area contributed by atoms with Gasteiger partial charge >= 0.3 is 0 Å². The number of carbonyl (C=O) groups excluding carboxylic acids is 5. The van der Waals surface area contributed by atoms with Gasteiger partial charge in [0.15, 0.2) is 0 Å². The molecule has 27 heavy (non-hydrogen) atoms. The lowest BCUT2D eigenvalue weighted by Crippen LogP contribution is -2.55. The van der Waals surface area contributed by atoms with Crippen molar-refractivity contribution in [2.75, 3.05) is 19.6 Å². The first-order valence-corrected chi connectivity index (χ1v) is 8.78. The van der Waals surface area contributed by atoms with Crippen LogP contribution in [0.4, 0.5) is 0 Å². The maximum atomic E-state index is 12.4. The molecular weight excluding hydrogens is 354 g/mol. The van der Waals surface area contributed by atoms with E-state index < -0.39 is 35.7 Å². The van der Waals surface area contributed by atoms with Gasteiger partial charge in [0.2, 0.25) is 17.7 Å². The molecule has 0 aromatic rings. The van der Waals surface area contributed by atoms with Crippen molar-refractivity contribution in [1.29, 1.82) is 0 Å². The molecule has 1 heterocycles. The molecule has 5 N–H and O–H groups in total. The van der Waals surface area contributed by atoms with Gasteiger partial charge in [-0.2, -0.15) is 0 Å². The van der Waals surface area contributed by atoms with Crippen LogP contribution in [0.25, 0.3) is 0 Å². The topological polar surface area (TPSA) is 151 Å². The van der Waals surface area contributed by atoms with Crippen LogP contribution in [0, 0.1) is 5.92 Å². The molecule has 10 heteroatoms. The van der Waals surface area contributed by atoms with Gasteiger partial charge < -0.3 is 21.7 Å². The number of rotatable bonds is 10. The summed E-state index contributed by atoms with van der Waals surface area (Å²) in [6.45, 7) is 5.55. The minimum absolute atomic E-state index is 0.0686. The van der Waals surface area contributed by atoms with Gasteiger partial charge in [-0.1, -0.05) is 13.8 Å². The molecule has 5 amide bonds. The average Bonchev–Trinajstić information content (AvgIpc) is 2.93. The number of amides is 5. The predicted octanol–water partition coefficient (Wildman–Crippen LogP) is -1.98. The number of nitrogens with one attached hydrogen (secondary N) is 3. The molecule has 0 bridgehead atoms.